The molecule has 1 aliphatic rings. The smallest absolute Gasteiger partial charge is 0.234 e. The fraction of sp³-hybridized carbons (Fsp3) is 0.278. The highest BCUT2D eigenvalue weighted by molar-refractivity contribution is 7.99. The Labute approximate surface area is 168 Å². The first-order valence-corrected chi connectivity index (χ1v) is 10.6. The van der Waals surface area contributed by atoms with Crippen LogP contribution >= 0.6 is 23.5 Å². The minimum Gasteiger partial charge on any atom is -0.467 e. The van der Waals surface area contributed by atoms with Gasteiger partial charge in [0.15, 0.2) is 5.16 Å². The zero-order chi connectivity index (χ0) is 18.9. The van der Waals surface area contributed by atoms with Crippen molar-refractivity contribution in [3.8, 4) is 0 Å². The molecule has 0 atom stereocenters. The Bertz CT molecular complexity index is 1120. The number of amides is 1. The van der Waals surface area contributed by atoms with Crippen LogP contribution in [0.3, 0.4) is 0 Å². The van der Waals surface area contributed by atoms with Gasteiger partial charge >= 0.3 is 0 Å². The van der Waals surface area contributed by atoms with Crippen molar-refractivity contribution in [2.75, 3.05) is 11.1 Å². The number of carbonyl (C=O) groups is 1. The lowest BCUT2D eigenvalue weighted by atomic mass is 10.2. The number of hydrogen-bond acceptors (Lipinski definition) is 8. The Morgan fingerprint density at radius 2 is 2.18 bits per heavy atom. The minimum atomic E-state index is -0.119. The van der Waals surface area contributed by atoms with Gasteiger partial charge in [0.2, 0.25) is 5.91 Å². The molecular formula is C18H16N6O2S2. The van der Waals surface area contributed by atoms with Gasteiger partial charge in [-0.3, -0.25) is 9.36 Å². The Morgan fingerprint density at radius 3 is 3.00 bits per heavy atom. The monoisotopic (exact) mass is 412 g/mol. The quantitative estimate of drug-likeness (QED) is 0.464. The van der Waals surface area contributed by atoms with E-state index in [1.807, 2.05) is 30.3 Å². The summed E-state index contributed by atoms with van der Waals surface area (Å²) < 4.78 is 16.0. The van der Waals surface area contributed by atoms with Crippen LogP contribution in [-0.2, 0) is 11.3 Å². The highest BCUT2D eigenvalue weighted by Gasteiger charge is 2.30. The van der Waals surface area contributed by atoms with E-state index in [0.29, 0.717) is 23.7 Å². The van der Waals surface area contributed by atoms with Crippen LogP contribution in [0.25, 0.3) is 11.0 Å². The van der Waals surface area contributed by atoms with Gasteiger partial charge in [-0.2, -0.15) is 8.75 Å². The Morgan fingerprint density at radius 1 is 1.25 bits per heavy atom. The molecule has 0 bridgehead atoms. The van der Waals surface area contributed by atoms with Crippen LogP contribution in [0.1, 0.15) is 30.3 Å². The minimum absolute atomic E-state index is 0.119. The third-order valence-corrected chi connectivity index (χ3v) is 5.98. The van der Waals surface area contributed by atoms with Gasteiger partial charge in [0, 0.05) is 5.92 Å². The van der Waals surface area contributed by atoms with Crippen molar-refractivity contribution in [1.82, 2.24) is 23.5 Å². The number of hydrogen-bond donors (Lipinski definition) is 1. The summed E-state index contributed by atoms with van der Waals surface area (Å²) in [5.41, 5.74) is 2.16. The number of aromatic nitrogens is 5. The van der Waals surface area contributed by atoms with Gasteiger partial charge in [0.05, 0.1) is 36.0 Å². The molecule has 3 aromatic heterocycles. The van der Waals surface area contributed by atoms with E-state index in [9.17, 15) is 4.79 Å². The number of thioether (sulfide) groups is 1. The Balaban J connectivity index is 1.29. The third-order valence-electron chi connectivity index (χ3n) is 4.47. The van der Waals surface area contributed by atoms with E-state index in [4.69, 9.17) is 4.42 Å². The number of anilines is 1. The fourth-order valence-electron chi connectivity index (χ4n) is 2.98. The summed E-state index contributed by atoms with van der Waals surface area (Å²) in [6.45, 7) is 0.569. The maximum Gasteiger partial charge on any atom is 0.234 e. The fourth-order valence-corrected chi connectivity index (χ4v) is 4.28. The van der Waals surface area contributed by atoms with Crippen molar-refractivity contribution in [3.05, 3.63) is 48.2 Å². The molecule has 1 N–H and O–H groups in total. The van der Waals surface area contributed by atoms with Gasteiger partial charge in [0.1, 0.15) is 22.6 Å². The van der Waals surface area contributed by atoms with Crippen molar-refractivity contribution in [3.63, 3.8) is 0 Å². The van der Waals surface area contributed by atoms with Gasteiger partial charge in [-0.15, -0.1) is 10.2 Å². The third kappa shape index (κ3) is 3.52. The molecule has 0 spiro atoms. The highest BCUT2D eigenvalue weighted by atomic mass is 32.2. The molecule has 8 nitrogen and oxygen atoms in total. The number of nitrogens with one attached hydrogen (secondary N) is 1. The molecule has 1 amide bonds. The van der Waals surface area contributed by atoms with Gasteiger partial charge in [-0.25, -0.2) is 0 Å². The van der Waals surface area contributed by atoms with Gasteiger partial charge in [-0.05, 0) is 37.1 Å². The maximum absolute atomic E-state index is 12.5. The summed E-state index contributed by atoms with van der Waals surface area (Å²) in [7, 11) is 0. The lowest BCUT2D eigenvalue weighted by Crippen LogP contribution is -2.15. The largest absolute Gasteiger partial charge is 0.467 e. The molecule has 4 aromatic rings. The van der Waals surface area contributed by atoms with Crippen LogP contribution in [0, 0.1) is 0 Å². The second kappa shape index (κ2) is 7.36. The maximum atomic E-state index is 12.5. The van der Waals surface area contributed by atoms with E-state index >= 15 is 0 Å². The second-order valence-corrected chi connectivity index (χ2v) is 8.03. The molecule has 1 fully saturated rings. The normalized spacial score (nSPS) is 13.9. The predicted octanol–water partition coefficient (Wildman–Crippen LogP) is 3.53. The van der Waals surface area contributed by atoms with Crippen LogP contribution in [0.15, 0.2) is 46.2 Å². The standard InChI is InChI=1S/C18H16N6O2S2/c25-15(19-13-4-1-5-14-16(13)23-28-22-14)10-27-18-21-20-17(11-6-7-11)24(18)9-12-3-2-8-26-12/h1-5,8,11H,6-7,9-10H2,(H,19,25). The molecule has 1 aliphatic carbocycles. The van der Waals surface area contributed by atoms with E-state index in [-0.39, 0.29) is 11.7 Å². The number of furan rings is 1. The van der Waals surface area contributed by atoms with Gasteiger partial charge < -0.3 is 9.73 Å². The van der Waals surface area contributed by atoms with Crippen LogP contribution in [0.5, 0.6) is 0 Å². The molecule has 5 rings (SSSR count). The summed E-state index contributed by atoms with van der Waals surface area (Å²) >= 11 is 2.50. The summed E-state index contributed by atoms with van der Waals surface area (Å²) in [6.07, 6.45) is 3.92. The molecule has 1 saturated carbocycles. The summed E-state index contributed by atoms with van der Waals surface area (Å²) in [5.74, 6) is 2.38. The van der Waals surface area contributed by atoms with Crippen LogP contribution in [-0.4, -0.2) is 35.2 Å². The molecule has 142 valence electrons. The van der Waals surface area contributed by atoms with Crippen molar-refractivity contribution in [1.29, 1.82) is 0 Å². The van der Waals surface area contributed by atoms with Crippen molar-refractivity contribution < 1.29 is 9.21 Å². The molecule has 0 radical (unpaired) electrons. The first kappa shape index (κ1) is 17.4. The van der Waals surface area contributed by atoms with Crippen molar-refractivity contribution in [2.24, 2.45) is 0 Å². The first-order valence-electron chi connectivity index (χ1n) is 8.87. The summed E-state index contributed by atoms with van der Waals surface area (Å²) in [4.78, 5) is 12.5. The molecule has 0 saturated heterocycles. The molecular weight excluding hydrogens is 396 g/mol. The molecule has 28 heavy (non-hydrogen) atoms. The van der Waals surface area contributed by atoms with Crippen molar-refractivity contribution in [2.45, 2.75) is 30.5 Å². The number of nitrogens with zero attached hydrogens (tertiary/aromatic N) is 5. The average Bonchev–Trinajstić information content (AvgIpc) is 3.11. The van der Waals surface area contributed by atoms with Gasteiger partial charge in [0.25, 0.3) is 0 Å². The Hall–Kier alpha value is -2.72. The molecule has 3 heterocycles. The average molecular weight is 413 g/mol. The molecule has 0 aliphatic heterocycles. The molecule has 10 heteroatoms. The van der Waals surface area contributed by atoms with E-state index in [1.54, 1.807) is 6.26 Å². The van der Waals surface area contributed by atoms with Gasteiger partial charge in [-0.1, -0.05) is 17.8 Å². The number of carbonyl (C=O) groups excluding carboxylic acids is 1. The zero-order valence-corrected chi connectivity index (χ0v) is 16.4. The molecule has 1 aromatic carbocycles. The lowest BCUT2D eigenvalue weighted by molar-refractivity contribution is -0.113. The SMILES string of the molecule is O=C(CSc1nnc(C2CC2)n1Cc1ccco1)Nc1cccc2nsnc12. The highest BCUT2D eigenvalue weighted by Crippen LogP contribution is 2.40. The van der Waals surface area contributed by atoms with E-state index in [1.165, 1.54) is 11.8 Å². The summed E-state index contributed by atoms with van der Waals surface area (Å²) in [6, 6.07) is 9.36. The van der Waals surface area contributed by atoms with Crippen LogP contribution < -0.4 is 5.32 Å². The second-order valence-electron chi connectivity index (χ2n) is 6.55. The lowest BCUT2D eigenvalue weighted by Gasteiger charge is -2.08. The van der Waals surface area contributed by atoms with Crippen LogP contribution in [0.4, 0.5) is 5.69 Å². The Kier molecular flexibility index (Phi) is 4.57. The topological polar surface area (TPSA) is 98.7 Å². The van der Waals surface area contributed by atoms with E-state index in [2.05, 4.69) is 28.8 Å². The van der Waals surface area contributed by atoms with Crippen LogP contribution in [0.2, 0.25) is 0 Å². The predicted molar refractivity (Wildman–Crippen MR) is 107 cm³/mol. The number of fused-ring (bicyclic) bond motifs is 1. The zero-order valence-electron chi connectivity index (χ0n) is 14.7. The first-order chi connectivity index (χ1) is 13.8. The van der Waals surface area contributed by atoms with E-state index < -0.39 is 0 Å². The number of rotatable bonds is 7. The summed E-state index contributed by atoms with van der Waals surface area (Å²) in [5, 5.41) is 12.3. The van der Waals surface area contributed by atoms with E-state index in [0.717, 1.165) is 46.8 Å². The molecule has 0 unspecified atom stereocenters. The van der Waals surface area contributed by atoms with Crippen molar-refractivity contribution >= 4 is 46.1 Å². The number of benzene rings is 1.